The van der Waals surface area contributed by atoms with Crippen molar-refractivity contribution in [1.29, 1.82) is 0 Å². The highest BCUT2D eigenvalue weighted by Crippen LogP contribution is 2.12. The van der Waals surface area contributed by atoms with Crippen molar-refractivity contribution in [1.82, 2.24) is 10.2 Å². The first-order chi connectivity index (χ1) is 8.06. The highest BCUT2D eigenvalue weighted by molar-refractivity contribution is 5.95. The number of piperazine rings is 1. The van der Waals surface area contributed by atoms with Crippen LogP contribution < -0.4 is 11.1 Å². The lowest BCUT2D eigenvalue weighted by Crippen LogP contribution is -2.55. The molecule has 4 nitrogen and oxygen atoms in total. The van der Waals surface area contributed by atoms with Gasteiger partial charge in [0, 0.05) is 36.4 Å². The molecule has 3 N–H and O–H groups in total. The number of rotatable bonds is 1. The van der Waals surface area contributed by atoms with Crippen molar-refractivity contribution in [2.24, 2.45) is 0 Å². The molecule has 0 spiro atoms. The van der Waals surface area contributed by atoms with Gasteiger partial charge >= 0.3 is 0 Å². The van der Waals surface area contributed by atoms with Gasteiger partial charge in [0.1, 0.15) is 0 Å². The van der Waals surface area contributed by atoms with Gasteiger partial charge in [-0.1, -0.05) is 6.07 Å². The van der Waals surface area contributed by atoms with Gasteiger partial charge < -0.3 is 16.0 Å². The molecule has 0 aliphatic carbocycles. The van der Waals surface area contributed by atoms with Crippen LogP contribution in [0.3, 0.4) is 0 Å². The second kappa shape index (κ2) is 4.75. The molecule has 4 heteroatoms. The predicted octanol–water partition coefficient (Wildman–Crippen LogP) is 1.09. The molecule has 1 aliphatic rings. The van der Waals surface area contributed by atoms with Crippen LogP contribution in [0.2, 0.25) is 0 Å². The first kappa shape index (κ1) is 11.9. The first-order valence-electron chi connectivity index (χ1n) is 5.97. The summed E-state index contributed by atoms with van der Waals surface area (Å²) < 4.78 is 0. The summed E-state index contributed by atoms with van der Waals surface area (Å²) in [5.74, 6) is 0.0671. The summed E-state index contributed by atoms with van der Waals surface area (Å²) in [7, 11) is 0. The Kier molecular flexibility index (Phi) is 3.33. The van der Waals surface area contributed by atoms with E-state index in [9.17, 15) is 4.79 Å². The van der Waals surface area contributed by atoms with Crippen LogP contribution in [0.1, 0.15) is 24.2 Å². The van der Waals surface area contributed by atoms with Gasteiger partial charge in [-0.2, -0.15) is 0 Å². The van der Waals surface area contributed by atoms with Crippen molar-refractivity contribution in [3.63, 3.8) is 0 Å². The van der Waals surface area contributed by atoms with E-state index in [1.54, 1.807) is 12.1 Å². The number of carbonyl (C=O) groups is 1. The standard InChI is InChI=1S/C13H19N3O/c1-9-7-16(8-10(2)15-9)13(17)11-4-3-5-12(14)6-11/h3-6,9-10,15H,7-8,14H2,1-2H3/t9-,10+. The molecule has 92 valence electrons. The summed E-state index contributed by atoms with van der Waals surface area (Å²) in [5.41, 5.74) is 7.00. The van der Waals surface area contributed by atoms with Crippen LogP contribution in [-0.4, -0.2) is 36.0 Å². The maximum Gasteiger partial charge on any atom is 0.254 e. The monoisotopic (exact) mass is 233 g/mol. The lowest BCUT2D eigenvalue weighted by atomic mass is 10.1. The molecule has 1 heterocycles. The molecule has 0 aromatic heterocycles. The normalized spacial score (nSPS) is 24.7. The minimum atomic E-state index is 0.0671. The van der Waals surface area contributed by atoms with Crippen LogP contribution in [0.15, 0.2) is 24.3 Å². The third-order valence-corrected chi connectivity index (χ3v) is 2.98. The summed E-state index contributed by atoms with van der Waals surface area (Å²) >= 11 is 0. The van der Waals surface area contributed by atoms with E-state index in [1.165, 1.54) is 0 Å². The summed E-state index contributed by atoms with van der Waals surface area (Å²) in [6.07, 6.45) is 0. The van der Waals surface area contributed by atoms with Gasteiger partial charge in [0.2, 0.25) is 0 Å². The minimum Gasteiger partial charge on any atom is -0.399 e. The fourth-order valence-electron chi connectivity index (χ4n) is 2.35. The molecular weight excluding hydrogens is 214 g/mol. The number of anilines is 1. The number of hydrogen-bond acceptors (Lipinski definition) is 3. The summed E-state index contributed by atoms with van der Waals surface area (Å²) in [6, 6.07) is 7.83. The quantitative estimate of drug-likeness (QED) is 0.714. The van der Waals surface area contributed by atoms with Crippen molar-refractivity contribution in [2.45, 2.75) is 25.9 Å². The SMILES string of the molecule is C[C@@H]1CN(C(=O)c2cccc(N)c2)C[C@H](C)N1. The van der Waals surface area contributed by atoms with Gasteiger partial charge in [-0.15, -0.1) is 0 Å². The molecule has 2 rings (SSSR count). The molecule has 0 bridgehead atoms. The summed E-state index contributed by atoms with van der Waals surface area (Å²) in [4.78, 5) is 14.2. The molecule has 1 saturated heterocycles. The highest BCUT2D eigenvalue weighted by Gasteiger charge is 2.25. The molecule has 0 unspecified atom stereocenters. The van der Waals surface area contributed by atoms with Gasteiger partial charge in [0.25, 0.3) is 5.91 Å². The van der Waals surface area contributed by atoms with Gasteiger partial charge in [0.15, 0.2) is 0 Å². The Balaban J connectivity index is 2.14. The average Bonchev–Trinajstić information content (AvgIpc) is 2.26. The minimum absolute atomic E-state index is 0.0671. The van der Waals surface area contributed by atoms with Gasteiger partial charge in [0.05, 0.1) is 0 Å². The van der Waals surface area contributed by atoms with Crippen molar-refractivity contribution in [3.8, 4) is 0 Å². The van der Waals surface area contributed by atoms with E-state index in [0.717, 1.165) is 13.1 Å². The summed E-state index contributed by atoms with van der Waals surface area (Å²) in [5, 5.41) is 3.41. The van der Waals surface area contributed by atoms with E-state index < -0.39 is 0 Å². The summed E-state index contributed by atoms with van der Waals surface area (Å²) in [6.45, 7) is 5.68. The van der Waals surface area contributed by atoms with E-state index in [0.29, 0.717) is 23.3 Å². The molecule has 1 aliphatic heterocycles. The van der Waals surface area contributed by atoms with Crippen molar-refractivity contribution < 1.29 is 4.79 Å². The molecule has 1 aromatic rings. The number of carbonyl (C=O) groups excluding carboxylic acids is 1. The van der Waals surface area contributed by atoms with E-state index in [-0.39, 0.29) is 5.91 Å². The molecule has 1 fully saturated rings. The topological polar surface area (TPSA) is 58.4 Å². The maximum atomic E-state index is 12.3. The Morgan fingerprint density at radius 2 is 2.00 bits per heavy atom. The number of amides is 1. The van der Waals surface area contributed by atoms with Crippen LogP contribution in [0.4, 0.5) is 5.69 Å². The van der Waals surface area contributed by atoms with Crippen LogP contribution in [-0.2, 0) is 0 Å². The van der Waals surface area contributed by atoms with E-state index >= 15 is 0 Å². The van der Waals surface area contributed by atoms with Gasteiger partial charge in [-0.3, -0.25) is 4.79 Å². The molecule has 1 amide bonds. The van der Waals surface area contributed by atoms with Gasteiger partial charge in [-0.25, -0.2) is 0 Å². The Hall–Kier alpha value is -1.55. The third kappa shape index (κ3) is 2.77. The van der Waals surface area contributed by atoms with Crippen LogP contribution >= 0.6 is 0 Å². The van der Waals surface area contributed by atoms with E-state index in [2.05, 4.69) is 19.2 Å². The fraction of sp³-hybridized carbons (Fsp3) is 0.462. The second-order valence-corrected chi connectivity index (χ2v) is 4.80. The zero-order valence-corrected chi connectivity index (χ0v) is 10.3. The first-order valence-corrected chi connectivity index (χ1v) is 5.97. The number of hydrogen-bond donors (Lipinski definition) is 2. The molecule has 0 radical (unpaired) electrons. The van der Waals surface area contributed by atoms with Crippen LogP contribution in [0.25, 0.3) is 0 Å². The molecule has 0 saturated carbocycles. The number of nitrogens with zero attached hydrogens (tertiary/aromatic N) is 1. The Labute approximate surface area is 102 Å². The smallest absolute Gasteiger partial charge is 0.254 e. The number of nitrogens with two attached hydrogens (primary N) is 1. The highest BCUT2D eigenvalue weighted by atomic mass is 16.2. The largest absolute Gasteiger partial charge is 0.399 e. The second-order valence-electron chi connectivity index (χ2n) is 4.80. The fourth-order valence-corrected chi connectivity index (χ4v) is 2.35. The number of nitrogen functional groups attached to an aromatic ring is 1. The van der Waals surface area contributed by atoms with Gasteiger partial charge in [-0.05, 0) is 32.0 Å². The lowest BCUT2D eigenvalue weighted by Gasteiger charge is -2.36. The Morgan fingerprint density at radius 1 is 1.35 bits per heavy atom. The molecular formula is C13H19N3O. The Bertz CT molecular complexity index is 409. The molecule has 2 atom stereocenters. The van der Waals surface area contributed by atoms with E-state index in [1.807, 2.05) is 17.0 Å². The number of benzene rings is 1. The Morgan fingerprint density at radius 3 is 2.59 bits per heavy atom. The van der Waals surface area contributed by atoms with E-state index in [4.69, 9.17) is 5.73 Å². The lowest BCUT2D eigenvalue weighted by molar-refractivity contribution is 0.0674. The average molecular weight is 233 g/mol. The zero-order chi connectivity index (χ0) is 12.4. The molecule has 1 aromatic carbocycles. The van der Waals surface area contributed by atoms with Crippen LogP contribution in [0, 0.1) is 0 Å². The predicted molar refractivity (Wildman–Crippen MR) is 68.8 cm³/mol. The van der Waals surface area contributed by atoms with Crippen molar-refractivity contribution in [2.75, 3.05) is 18.8 Å². The third-order valence-electron chi connectivity index (χ3n) is 2.98. The van der Waals surface area contributed by atoms with Crippen molar-refractivity contribution >= 4 is 11.6 Å². The van der Waals surface area contributed by atoms with Crippen molar-refractivity contribution in [3.05, 3.63) is 29.8 Å². The zero-order valence-electron chi connectivity index (χ0n) is 10.3. The maximum absolute atomic E-state index is 12.3. The number of nitrogens with one attached hydrogen (secondary N) is 1. The van der Waals surface area contributed by atoms with Crippen LogP contribution in [0.5, 0.6) is 0 Å². The molecule has 17 heavy (non-hydrogen) atoms.